The maximum Gasteiger partial charge on any atom is 0.276 e. The summed E-state index contributed by atoms with van der Waals surface area (Å²) in [5.74, 6) is 1.10. The summed E-state index contributed by atoms with van der Waals surface area (Å²) in [6, 6.07) is -0.589. The van der Waals surface area contributed by atoms with E-state index < -0.39 is 6.04 Å². The lowest BCUT2D eigenvalue weighted by molar-refractivity contribution is -0.590. The maximum atomic E-state index is 12.8. The van der Waals surface area contributed by atoms with Crippen LogP contribution < -0.4 is 16.5 Å². The molecule has 0 aliphatic carbocycles. The van der Waals surface area contributed by atoms with E-state index in [1.165, 1.54) is 0 Å². The predicted molar refractivity (Wildman–Crippen MR) is 115 cm³/mol. The Morgan fingerprint density at radius 1 is 1.37 bits per heavy atom. The average Bonchev–Trinajstić information content (AvgIpc) is 3.13. The molecule has 2 aliphatic heterocycles. The molecule has 10 heteroatoms. The second kappa shape index (κ2) is 9.99. The molecular weight excluding hydrogens is 406 g/mol. The molecule has 3 heterocycles. The van der Waals surface area contributed by atoms with Crippen molar-refractivity contribution < 1.29 is 15.0 Å². The highest BCUT2D eigenvalue weighted by Gasteiger charge is 2.27. The molecule has 2 amide bonds. The summed E-state index contributed by atoms with van der Waals surface area (Å²) in [5.41, 5.74) is 8.69. The number of carbonyl (C=O) groups is 2. The van der Waals surface area contributed by atoms with Crippen molar-refractivity contribution >= 4 is 34.9 Å². The lowest BCUT2D eigenvalue weighted by atomic mass is 9.93. The van der Waals surface area contributed by atoms with Gasteiger partial charge in [-0.05, 0) is 51.9 Å². The number of nitrogen functional groups attached to an aromatic ring is 1. The minimum atomic E-state index is -0.589. The highest BCUT2D eigenvalue weighted by Crippen LogP contribution is 2.26. The average molecular weight is 435 g/mol. The van der Waals surface area contributed by atoms with Gasteiger partial charge in [0.1, 0.15) is 29.0 Å². The quantitative estimate of drug-likeness (QED) is 0.444. The van der Waals surface area contributed by atoms with Gasteiger partial charge >= 0.3 is 0 Å². The molecule has 0 bridgehead atoms. The van der Waals surface area contributed by atoms with Gasteiger partial charge in [0.25, 0.3) is 5.91 Å². The maximum absolute atomic E-state index is 12.8. The lowest BCUT2D eigenvalue weighted by Gasteiger charge is -2.24. The van der Waals surface area contributed by atoms with Gasteiger partial charge in [0.15, 0.2) is 5.71 Å². The van der Waals surface area contributed by atoms with Crippen LogP contribution in [0.3, 0.4) is 0 Å². The molecule has 1 fully saturated rings. The van der Waals surface area contributed by atoms with Crippen molar-refractivity contribution in [1.29, 1.82) is 0 Å². The highest BCUT2D eigenvalue weighted by atomic mass is 35.5. The number of aryl methyl sites for hydroxylation is 1. The van der Waals surface area contributed by atoms with Crippen LogP contribution in [0.25, 0.3) is 0 Å². The van der Waals surface area contributed by atoms with E-state index in [1.54, 1.807) is 31.5 Å². The summed E-state index contributed by atoms with van der Waals surface area (Å²) in [7, 11) is 0. The summed E-state index contributed by atoms with van der Waals surface area (Å²) in [6.45, 7) is 4.85. The Balaban J connectivity index is 1.50. The molecule has 1 saturated heterocycles. The van der Waals surface area contributed by atoms with Crippen LogP contribution in [0, 0.1) is 12.8 Å². The molecule has 0 radical (unpaired) electrons. The Labute approximate surface area is 181 Å². The fourth-order valence-corrected chi connectivity index (χ4v) is 4.19. The van der Waals surface area contributed by atoms with Gasteiger partial charge in [-0.3, -0.25) is 9.59 Å². The lowest BCUT2D eigenvalue weighted by Crippen LogP contribution is -2.69. The van der Waals surface area contributed by atoms with Crippen LogP contribution in [0.15, 0.2) is 17.4 Å². The standard InChI is InChI=1S/C20H28ClN7O2/c1-12(24-19(29)16-7-9-23-27-16)20(30)28-10-3-4-14(8-11-28)5-6-15-17(21)25-13(2)26-18(15)22/h7,9,12,14H,3-6,8,10-11H2,1-2H3,(H,23,27)(H,24,29)(H2,22,25,26)/p+1/t12-,14?/m0/s1. The number of anilines is 1. The van der Waals surface area contributed by atoms with Gasteiger partial charge in [-0.1, -0.05) is 16.7 Å². The number of nitrogens with zero attached hydrogens (tertiary/aromatic N) is 4. The third-order valence-electron chi connectivity index (χ3n) is 5.57. The van der Waals surface area contributed by atoms with Crippen molar-refractivity contribution in [3.8, 4) is 0 Å². The van der Waals surface area contributed by atoms with Gasteiger partial charge in [0, 0.05) is 24.7 Å². The molecule has 5 N–H and O–H groups in total. The molecule has 0 saturated carbocycles. The number of quaternary nitrogens is 1. The number of nitrogens with one attached hydrogen (secondary N) is 1. The largest absolute Gasteiger partial charge is 0.383 e. The predicted octanol–water partition coefficient (Wildman–Crippen LogP) is 0.533. The monoisotopic (exact) mass is 434 g/mol. The van der Waals surface area contributed by atoms with Crippen LogP contribution in [-0.2, 0) is 16.0 Å². The van der Waals surface area contributed by atoms with Gasteiger partial charge in [-0.25, -0.2) is 9.97 Å². The van der Waals surface area contributed by atoms with Crippen LogP contribution in [0.5, 0.6) is 0 Å². The minimum Gasteiger partial charge on any atom is -0.383 e. The smallest absolute Gasteiger partial charge is 0.276 e. The van der Waals surface area contributed by atoms with Crippen molar-refractivity contribution in [2.45, 2.75) is 52.0 Å². The van der Waals surface area contributed by atoms with E-state index in [4.69, 9.17) is 17.3 Å². The number of rotatable bonds is 6. The van der Waals surface area contributed by atoms with E-state index in [0.717, 1.165) is 37.7 Å². The summed E-state index contributed by atoms with van der Waals surface area (Å²) in [5, 5.41) is 7.13. The van der Waals surface area contributed by atoms with Gasteiger partial charge in [0.05, 0.1) is 0 Å². The van der Waals surface area contributed by atoms with E-state index in [0.29, 0.717) is 41.5 Å². The third kappa shape index (κ3) is 5.54. The van der Waals surface area contributed by atoms with E-state index in [1.807, 2.05) is 4.90 Å². The number of hydrogen-bond donors (Lipinski definition) is 3. The van der Waals surface area contributed by atoms with E-state index in [9.17, 15) is 9.59 Å². The second-order valence-corrected chi connectivity index (χ2v) is 8.16. The van der Waals surface area contributed by atoms with Crippen molar-refractivity contribution in [1.82, 2.24) is 20.2 Å². The molecule has 2 aliphatic rings. The number of amides is 2. The Morgan fingerprint density at radius 3 is 2.87 bits per heavy atom. The van der Waals surface area contributed by atoms with Crippen LogP contribution in [0.4, 0.5) is 5.82 Å². The van der Waals surface area contributed by atoms with Crippen LogP contribution >= 0.6 is 11.6 Å². The fraction of sp³-hybridized carbons (Fsp3) is 0.550. The Hall–Kier alpha value is -2.52. The normalized spacial score (nSPS) is 19.9. The molecule has 0 aromatic carbocycles. The number of nitrogens with two attached hydrogens (primary N) is 2. The molecule has 1 aromatic heterocycles. The van der Waals surface area contributed by atoms with Crippen molar-refractivity contribution in [3.63, 3.8) is 0 Å². The molecule has 1 unspecified atom stereocenters. The van der Waals surface area contributed by atoms with E-state index in [2.05, 4.69) is 20.4 Å². The summed E-state index contributed by atoms with van der Waals surface area (Å²) >= 11 is 6.24. The Kier molecular flexibility index (Phi) is 7.38. The number of hydrogen-bond acceptors (Lipinski definition) is 6. The van der Waals surface area contributed by atoms with Crippen LogP contribution in [0.1, 0.15) is 44.0 Å². The second-order valence-electron chi connectivity index (χ2n) is 7.80. The van der Waals surface area contributed by atoms with Crippen LogP contribution in [0.2, 0.25) is 5.15 Å². The summed E-state index contributed by atoms with van der Waals surface area (Å²) in [4.78, 5) is 35.2. The minimum absolute atomic E-state index is 0.0604. The van der Waals surface area contributed by atoms with Crippen molar-refractivity contribution in [2.75, 3.05) is 18.8 Å². The molecule has 3 rings (SSSR count). The zero-order valence-corrected chi connectivity index (χ0v) is 18.2. The third-order valence-corrected chi connectivity index (χ3v) is 5.88. The molecule has 162 valence electrons. The zero-order valence-electron chi connectivity index (χ0n) is 17.4. The SMILES string of the molecule is Cc1nc(N)c(CCC2CCCN(C(=O)[C@H](C)NC(=O)C3=N[NH2+]C=C3)CC2)c(Cl)n1. The molecule has 9 nitrogen and oxygen atoms in total. The first-order valence-electron chi connectivity index (χ1n) is 10.3. The highest BCUT2D eigenvalue weighted by molar-refractivity contribution is 6.43. The first kappa shape index (κ1) is 22.2. The van der Waals surface area contributed by atoms with Gasteiger partial charge in [-0.2, -0.15) is 5.43 Å². The van der Waals surface area contributed by atoms with E-state index in [-0.39, 0.29) is 11.8 Å². The molecule has 2 atom stereocenters. The summed E-state index contributed by atoms with van der Waals surface area (Å²) in [6.07, 6.45) is 7.83. The van der Waals surface area contributed by atoms with E-state index >= 15 is 0 Å². The first-order chi connectivity index (χ1) is 14.3. The number of halogens is 1. The summed E-state index contributed by atoms with van der Waals surface area (Å²) < 4.78 is 0. The van der Waals surface area contributed by atoms with Crippen LogP contribution in [-0.4, -0.2) is 51.5 Å². The first-order valence-corrected chi connectivity index (χ1v) is 10.7. The molecule has 1 aromatic rings. The Bertz CT molecular complexity index is 848. The molecule has 30 heavy (non-hydrogen) atoms. The number of aromatic nitrogens is 2. The Morgan fingerprint density at radius 2 is 2.17 bits per heavy atom. The van der Waals surface area contributed by atoms with Gasteiger partial charge in [0.2, 0.25) is 5.91 Å². The molecule has 0 spiro atoms. The number of likely N-dealkylation sites (tertiary alicyclic amines) is 1. The van der Waals surface area contributed by atoms with Crippen molar-refractivity contribution in [3.05, 3.63) is 28.8 Å². The topological polar surface area (TPSA) is 130 Å². The van der Waals surface area contributed by atoms with Gasteiger partial charge in [-0.15, -0.1) is 0 Å². The zero-order chi connectivity index (χ0) is 21.7. The number of carbonyl (C=O) groups excluding carboxylic acids is 2. The molecular formula is C20H29ClN7O2+. The van der Waals surface area contributed by atoms with Gasteiger partial charge < -0.3 is 16.0 Å². The fourth-order valence-electron chi connectivity index (χ4n) is 3.88. The van der Waals surface area contributed by atoms with Crippen molar-refractivity contribution in [2.24, 2.45) is 11.0 Å².